The molecule has 1 saturated carbocycles. The second-order valence-corrected chi connectivity index (χ2v) is 8.75. The Balaban J connectivity index is 1.42. The molecular formula is C26H26FN5O2. The molecule has 1 aliphatic carbocycles. The molecule has 2 aromatic carbocycles. The first-order valence-corrected chi connectivity index (χ1v) is 11.6. The van der Waals surface area contributed by atoms with E-state index in [4.69, 9.17) is 0 Å². The van der Waals surface area contributed by atoms with Gasteiger partial charge in [0.1, 0.15) is 24.1 Å². The Hall–Kier alpha value is -3.81. The lowest BCUT2D eigenvalue weighted by Gasteiger charge is -2.34. The third kappa shape index (κ3) is 4.48. The molecule has 0 spiro atoms. The number of carbonyl (C=O) groups is 1. The Bertz CT molecular complexity index is 1340. The largest absolute Gasteiger partial charge is 0.334 e. The molecule has 0 bridgehead atoms. The number of fused-ring (bicyclic) bond motifs is 1. The minimum absolute atomic E-state index is 0.101. The van der Waals surface area contributed by atoms with Crippen LogP contribution >= 0.6 is 0 Å². The normalized spacial score (nSPS) is 14.4. The second-order valence-electron chi connectivity index (χ2n) is 8.75. The van der Waals surface area contributed by atoms with Crippen LogP contribution in [0.3, 0.4) is 0 Å². The molecule has 0 saturated heterocycles. The summed E-state index contributed by atoms with van der Waals surface area (Å²) >= 11 is 0. The fourth-order valence-electron chi connectivity index (χ4n) is 4.66. The van der Waals surface area contributed by atoms with E-state index in [1.54, 1.807) is 16.8 Å². The highest BCUT2D eigenvalue weighted by Crippen LogP contribution is 2.25. The van der Waals surface area contributed by atoms with Crippen molar-refractivity contribution in [3.05, 3.63) is 88.9 Å². The fourth-order valence-corrected chi connectivity index (χ4v) is 4.66. The van der Waals surface area contributed by atoms with Gasteiger partial charge in [-0.3, -0.25) is 14.2 Å². The van der Waals surface area contributed by atoms with E-state index in [9.17, 15) is 14.0 Å². The van der Waals surface area contributed by atoms with Crippen molar-refractivity contribution in [3.63, 3.8) is 0 Å². The van der Waals surface area contributed by atoms with Crippen molar-refractivity contribution in [2.45, 2.75) is 51.2 Å². The first-order valence-electron chi connectivity index (χ1n) is 11.6. The molecule has 2 heterocycles. The number of hydrogen-bond acceptors (Lipinski definition) is 4. The summed E-state index contributed by atoms with van der Waals surface area (Å²) in [4.78, 5) is 32.9. The molecule has 0 radical (unpaired) electrons. The first kappa shape index (κ1) is 22.0. The van der Waals surface area contributed by atoms with Gasteiger partial charge in [-0.05, 0) is 42.7 Å². The van der Waals surface area contributed by atoms with Crippen molar-refractivity contribution in [2.24, 2.45) is 0 Å². The van der Waals surface area contributed by atoms with Crippen molar-refractivity contribution in [2.75, 3.05) is 0 Å². The third-order valence-electron chi connectivity index (χ3n) is 6.46. The minimum Gasteiger partial charge on any atom is -0.334 e. The van der Waals surface area contributed by atoms with Crippen LogP contribution in [0, 0.1) is 5.82 Å². The number of benzene rings is 2. The van der Waals surface area contributed by atoms with E-state index in [0.717, 1.165) is 36.9 Å². The van der Waals surface area contributed by atoms with Gasteiger partial charge in [0.05, 0.1) is 11.9 Å². The molecule has 0 aliphatic heterocycles. The van der Waals surface area contributed by atoms with Crippen molar-refractivity contribution < 1.29 is 9.18 Å². The highest BCUT2D eigenvalue weighted by molar-refractivity contribution is 5.78. The maximum Gasteiger partial charge on any atom is 0.264 e. The van der Waals surface area contributed by atoms with Crippen LogP contribution in [0.4, 0.5) is 4.39 Å². The highest BCUT2D eigenvalue weighted by atomic mass is 19.1. The summed E-state index contributed by atoms with van der Waals surface area (Å²) in [6.07, 6.45) is 8.09. The van der Waals surface area contributed by atoms with Gasteiger partial charge in [-0.15, -0.1) is 0 Å². The van der Waals surface area contributed by atoms with E-state index in [1.165, 1.54) is 35.6 Å². The standard InChI is InChI=1S/C26H26FN5O2/c27-20-13-11-19(12-14-20)16-31(21-7-3-1-4-8-21)24(33)17-30-18-28-25-23(26(30)34)15-29-32(25)22-9-5-2-6-10-22/h2,5-6,9-15,18,21H,1,3-4,7-8,16-17H2. The Morgan fingerprint density at radius 3 is 2.50 bits per heavy atom. The number of amides is 1. The predicted molar refractivity (Wildman–Crippen MR) is 127 cm³/mol. The molecule has 1 fully saturated rings. The molecule has 0 atom stereocenters. The Morgan fingerprint density at radius 1 is 1.03 bits per heavy atom. The zero-order chi connectivity index (χ0) is 23.5. The van der Waals surface area contributed by atoms with Crippen LogP contribution in [-0.4, -0.2) is 36.2 Å². The molecule has 2 aromatic heterocycles. The Labute approximate surface area is 196 Å². The number of rotatable bonds is 6. The summed E-state index contributed by atoms with van der Waals surface area (Å²) in [5.41, 5.74) is 1.83. The molecule has 5 rings (SSSR count). The van der Waals surface area contributed by atoms with E-state index in [1.807, 2.05) is 35.2 Å². The molecule has 174 valence electrons. The van der Waals surface area contributed by atoms with Crippen molar-refractivity contribution in [3.8, 4) is 5.69 Å². The van der Waals surface area contributed by atoms with Crippen LogP contribution in [0.1, 0.15) is 37.7 Å². The molecule has 8 heteroatoms. The number of carbonyl (C=O) groups excluding carboxylic acids is 1. The van der Waals surface area contributed by atoms with Gasteiger partial charge in [-0.25, -0.2) is 14.1 Å². The molecular weight excluding hydrogens is 433 g/mol. The van der Waals surface area contributed by atoms with Gasteiger partial charge in [0, 0.05) is 12.6 Å². The zero-order valence-electron chi connectivity index (χ0n) is 18.8. The number of hydrogen-bond donors (Lipinski definition) is 0. The first-order chi connectivity index (χ1) is 16.6. The molecule has 0 unspecified atom stereocenters. The third-order valence-corrected chi connectivity index (χ3v) is 6.46. The summed E-state index contributed by atoms with van der Waals surface area (Å²) < 4.78 is 16.3. The van der Waals surface area contributed by atoms with E-state index in [-0.39, 0.29) is 29.9 Å². The maximum atomic E-state index is 13.4. The Morgan fingerprint density at radius 2 is 1.76 bits per heavy atom. The van der Waals surface area contributed by atoms with Gasteiger partial charge in [0.25, 0.3) is 5.56 Å². The predicted octanol–water partition coefficient (Wildman–Crippen LogP) is 4.08. The van der Waals surface area contributed by atoms with Gasteiger partial charge in [-0.1, -0.05) is 49.6 Å². The average Bonchev–Trinajstić information content (AvgIpc) is 3.31. The van der Waals surface area contributed by atoms with Gasteiger partial charge in [0.2, 0.25) is 5.91 Å². The highest BCUT2D eigenvalue weighted by Gasteiger charge is 2.26. The minimum atomic E-state index is -0.304. The maximum absolute atomic E-state index is 13.4. The summed E-state index contributed by atoms with van der Waals surface area (Å²) in [6.45, 7) is 0.288. The number of nitrogens with zero attached hydrogens (tertiary/aromatic N) is 5. The van der Waals surface area contributed by atoms with Crippen molar-refractivity contribution in [1.82, 2.24) is 24.2 Å². The molecule has 0 N–H and O–H groups in total. The lowest BCUT2D eigenvalue weighted by molar-refractivity contribution is -0.135. The van der Waals surface area contributed by atoms with Crippen LogP contribution in [0.15, 0.2) is 71.9 Å². The molecule has 1 amide bonds. The zero-order valence-corrected chi connectivity index (χ0v) is 18.8. The summed E-state index contributed by atoms with van der Waals surface area (Å²) in [6, 6.07) is 15.8. The summed E-state index contributed by atoms with van der Waals surface area (Å²) in [7, 11) is 0. The molecule has 7 nitrogen and oxygen atoms in total. The SMILES string of the molecule is O=C(Cn1cnc2c(cnn2-c2ccccc2)c1=O)N(Cc1ccc(F)cc1)C1CCCCC1. The molecule has 1 aliphatic rings. The number of para-hydroxylation sites is 1. The lowest BCUT2D eigenvalue weighted by Crippen LogP contribution is -2.43. The monoisotopic (exact) mass is 459 g/mol. The average molecular weight is 460 g/mol. The van der Waals surface area contributed by atoms with Gasteiger partial charge < -0.3 is 4.90 Å². The van der Waals surface area contributed by atoms with Crippen molar-refractivity contribution in [1.29, 1.82) is 0 Å². The number of halogens is 1. The number of aromatic nitrogens is 4. The van der Waals surface area contributed by atoms with Gasteiger partial charge in [-0.2, -0.15) is 5.10 Å². The van der Waals surface area contributed by atoms with Crippen LogP contribution in [0.5, 0.6) is 0 Å². The Kier molecular flexibility index (Phi) is 6.20. The molecule has 34 heavy (non-hydrogen) atoms. The summed E-state index contributed by atoms with van der Waals surface area (Å²) in [5.74, 6) is -0.448. The van der Waals surface area contributed by atoms with Gasteiger partial charge in [0.15, 0.2) is 5.65 Å². The topological polar surface area (TPSA) is 73.0 Å². The summed E-state index contributed by atoms with van der Waals surface area (Å²) in [5, 5.41) is 4.70. The van der Waals surface area contributed by atoms with Crippen molar-refractivity contribution >= 4 is 16.9 Å². The van der Waals surface area contributed by atoms with E-state index in [0.29, 0.717) is 17.6 Å². The molecule has 4 aromatic rings. The lowest BCUT2D eigenvalue weighted by atomic mass is 9.93. The van der Waals surface area contributed by atoms with Crippen LogP contribution in [0.25, 0.3) is 16.7 Å². The quantitative estimate of drug-likeness (QED) is 0.436. The second kappa shape index (κ2) is 9.59. The fraction of sp³-hybridized carbons (Fsp3) is 0.308. The van der Waals surface area contributed by atoms with E-state index >= 15 is 0 Å². The van der Waals surface area contributed by atoms with Crippen LogP contribution in [0.2, 0.25) is 0 Å². The van der Waals surface area contributed by atoms with Gasteiger partial charge >= 0.3 is 0 Å². The van der Waals surface area contributed by atoms with Crippen LogP contribution < -0.4 is 5.56 Å². The van der Waals surface area contributed by atoms with E-state index in [2.05, 4.69) is 10.1 Å². The van der Waals surface area contributed by atoms with Crippen LogP contribution in [-0.2, 0) is 17.9 Å². The van der Waals surface area contributed by atoms with E-state index < -0.39 is 0 Å². The smallest absolute Gasteiger partial charge is 0.264 e.